The second kappa shape index (κ2) is 11.6. The highest BCUT2D eigenvalue weighted by Crippen LogP contribution is 2.31. The zero-order chi connectivity index (χ0) is 29.0. The van der Waals surface area contributed by atoms with Crippen molar-refractivity contribution in [3.8, 4) is 11.1 Å². The molecular weight excluding hydrogens is 543 g/mol. The molecule has 8 nitrogen and oxygen atoms in total. The van der Waals surface area contributed by atoms with Crippen LogP contribution in [0, 0.1) is 5.41 Å². The second-order valence-electron chi connectivity index (χ2n) is 8.99. The molecule has 0 spiro atoms. The van der Waals surface area contributed by atoms with Crippen molar-refractivity contribution in [3.05, 3.63) is 106 Å². The lowest BCUT2D eigenvalue weighted by Gasteiger charge is -2.18. The molecule has 7 N–H and O–H groups in total. The first-order chi connectivity index (χ1) is 18.9. The van der Waals surface area contributed by atoms with Crippen LogP contribution in [0.5, 0.6) is 0 Å². The fraction of sp³-hybridized carbons (Fsp3) is 0.143. The molecule has 2 aromatic heterocycles. The van der Waals surface area contributed by atoms with Gasteiger partial charge < -0.3 is 22.1 Å². The zero-order valence-electron chi connectivity index (χ0n) is 21.2. The highest BCUT2D eigenvalue weighted by Gasteiger charge is 2.32. The van der Waals surface area contributed by atoms with Crippen molar-refractivity contribution in [2.75, 3.05) is 11.1 Å². The Morgan fingerprint density at radius 1 is 1.00 bits per heavy atom. The van der Waals surface area contributed by atoms with Gasteiger partial charge in [0.15, 0.2) is 0 Å². The van der Waals surface area contributed by atoms with E-state index in [-0.39, 0.29) is 29.6 Å². The van der Waals surface area contributed by atoms with Crippen molar-refractivity contribution >= 4 is 35.0 Å². The Balaban J connectivity index is 1.53. The molecule has 206 valence electrons. The van der Waals surface area contributed by atoms with Gasteiger partial charge in [-0.05, 0) is 47.9 Å². The van der Waals surface area contributed by atoms with Crippen molar-refractivity contribution in [1.29, 1.82) is 5.41 Å². The molecule has 1 amide bonds. The Morgan fingerprint density at radius 2 is 1.68 bits per heavy atom. The van der Waals surface area contributed by atoms with Crippen LogP contribution in [0.1, 0.15) is 45.6 Å². The van der Waals surface area contributed by atoms with E-state index in [1.807, 2.05) is 12.1 Å². The number of anilines is 2. The molecule has 12 heteroatoms. The molecule has 0 saturated heterocycles. The summed E-state index contributed by atoms with van der Waals surface area (Å²) in [6.45, 7) is 1.90. The molecule has 0 fully saturated rings. The SMILES string of the molecule is CC(NC(=O)c1cc(C(F)(F)F)cnc1NCc1ccc(-c2cnc(N)c(C(=N)N)c2)cc1)c1ccc(Cl)cc1. The summed E-state index contributed by atoms with van der Waals surface area (Å²) in [5, 5.41) is 13.9. The number of rotatable bonds is 8. The quantitative estimate of drug-likeness (QED) is 0.135. The summed E-state index contributed by atoms with van der Waals surface area (Å²) in [5.41, 5.74) is 13.4. The molecule has 0 bridgehead atoms. The molecule has 4 rings (SSSR count). The largest absolute Gasteiger partial charge is 0.417 e. The molecule has 0 aliphatic heterocycles. The summed E-state index contributed by atoms with van der Waals surface area (Å²) in [7, 11) is 0. The smallest absolute Gasteiger partial charge is 0.384 e. The van der Waals surface area contributed by atoms with E-state index in [2.05, 4.69) is 20.6 Å². The monoisotopic (exact) mass is 567 g/mol. The third-order valence-electron chi connectivity index (χ3n) is 6.13. The predicted molar refractivity (Wildman–Crippen MR) is 149 cm³/mol. The van der Waals surface area contributed by atoms with Gasteiger partial charge in [-0.3, -0.25) is 10.2 Å². The molecule has 1 atom stereocenters. The first-order valence-electron chi connectivity index (χ1n) is 12.0. The highest BCUT2D eigenvalue weighted by molar-refractivity contribution is 6.30. The number of halogens is 4. The maximum absolute atomic E-state index is 13.4. The average molecular weight is 568 g/mol. The second-order valence-corrected chi connectivity index (χ2v) is 9.42. The van der Waals surface area contributed by atoms with Crippen LogP contribution in [0.3, 0.4) is 0 Å². The van der Waals surface area contributed by atoms with Crippen molar-refractivity contribution in [1.82, 2.24) is 15.3 Å². The molecule has 40 heavy (non-hydrogen) atoms. The Kier molecular flexibility index (Phi) is 8.24. The number of aromatic nitrogens is 2. The minimum Gasteiger partial charge on any atom is -0.384 e. The van der Waals surface area contributed by atoms with Gasteiger partial charge in [-0.2, -0.15) is 13.2 Å². The van der Waals surface area contributed by atoms with E-state index in [0.717, 1.165) is 22.8 Å². The van der Waals surface area contributed by atoms with E-state index in [1.165, 1.54) is 0 Å². The van der Waals surface area contributed by atoms with Crippen LogP contribution in [0.2, 0.25) is 5.02 Å². The first-order valence-corrected chi connectivity index (χ1v) is 12.4. The normalized spacial score (nSPS) is 12.0. The molecule has 0 saturated carbocycles. The standard InChI is InChI=1S/C28H25ClF3N7O/c1-15(17-6-8-21(29)9-7-17)39-27(40)23-11-20(28(30,31)32)14-38-26(23)37-12-16-2-4-18(5-3-16)19-10-22(24(33)34)25(35)36-13-19/h2-11,13-15H,12H2,1H3,(H3,33,34)(H2,35,36)(H,37,38)(H,39,40). The molecule has 0 radical (unpaired) electrons. The van der Waals surface area contributed by atoms with Crippen LogP contribution in [0.15, 0.2) is 73.1 Å². The van der Waals surface area contributed by atoms with Gasteiger partial charge in [-0.1, -0.05) is 48.0 Å². The van der Waals surface area contributed by atoms with E-state index in [1.54, 1.807) is 55.6 Å². The number of nitrogens with two attached hydrogens (primary N) is 2. The van der Waals surface area contributed by atoms with Crippen molar-refractivity contribution in [3.63, 3.8) is 0 Å². The lowest BCUT2D eigenvalue weighted by atomic mass is 10.0. The number of nitrogens with zero attached hydrogens (tertiary/aromatic N) is 2. The van der Waals surface area contributed by atoms with Gasteiger partial charge in [0.1, 0.15) is 17.5 Å². The molecule has 0 aliphatic carbocycles. The Morgan fingerprint density at radius 3 is 2.30 bits per heavy atom. The Bertz CT molecular complexity index is 1540. The molecule has 1 unspecified atom stereocenters. The summed E-state index contributed by atoms with van der Waals surface area (Å²) < 4.78 is 40.2. The number of hydrogen-bond donors (Lipinski definition) is 5. The van der Waals surface area contributed by atoms with Crippen LogP contribution in [0.25, 0.3) is 11.1 Å². The number of amides is 1. The van der Waals surface area contributed by atoms with E-state index >= 15 is 0 Å². The van der Waals surface area contributed by atoms with Gasteiger partial charge >= 0.3 is 6.18 Å². The van der Waals surface area contributed by atoms with E-state index in [9.17, 15) is 18.0 Å². The van der Waals surface area contributed by atoms with Crippen LogP contribution in [-0.2, 0) is 12.7 Å². The minimum atomic E-state index is -4.67. The molecule has 2 heterocycles. The average Bonchev–Trinajstić information content (AvgIpc) is 2.92. The maximum Gasteiger partial charge on any atom is 0.417 e. The molecule has 2 aromatic carbocycles. The molecule has 0 aliphatic rings. The first kappa shape index (κ1) is 28.4. The van der Waals surface area contributed by atoms with Crippen molar-refractivity contribution < 1.29 is 18.0 Å². The molecule has 4 aromatic rings. The number of alkyl halides is 3. The lowest BCUT2D eigenvalue weighted by Crippen LogP contribution is -2.28. The summed E-state index contributed by atoms with van der Waals surface area (Å²) in [5.74, 6) is -0.745. The summed E-state index contributed by atoms with van der Waals surface area (Å²) in [6, 6.07) is 16.0. The van der Waals surface area contributed by atoms with Crippen LogP contribution in [0.4, 0.5) is 24.8 Å². The fourth-order valence-electron chi connectivity index (χ4n) is 3.89. The number of carbonyl (C=O) groups is 1. The summed E-state index contributed by atoms with van der Waals surface area (Å²) in [6.07, 6.45) is -2.42. The molecular formula is C28H25ClF3N7O. The minimum absolute atomic E-state index is 0.00622. The maximum atomic E-state index is 13.4. The summed E-state index contributed by atoms with van der Waals surface area (Å²) in [4.78, 5) is 21.1. The predicted octanol–water partition coefficient (Wildman–Crippen LogP) is 5.79. The van der Waals surface area contributed by atoms with E-state index in [4.69, 9.17) is 28.5 Å². The van der Waals surface area contributed by atoms with Crippen LogP contribution < -0.4 is 22.1 Å². The number of amidine groups is 1. The Labute approximate surface area is 233 Å². The van der Waals surface area contributed by atoms with Gasteiger partial charge in [0.2, 0.25) is 0 Å². The number of pyridine rings is 2. The number of carbonyl (C=O) groups excluding carboxylic acids is 1. The number of nitrogens with one attached hydrogen (secondary N) is 3. The Hall–Kier alpha value is -4.64. The zero-order valence-corrected chi connectivity index (χ0v) is 21.9. The topological polar surface area (TPSA) is 143 Å². The van der Waals surface area contributed by atoms with Crippen molar-refractivity contribution in [2.45, 2.75) is 25.7 Å². The van der Waals surface area contributed by atoms with Gasteiger partial charge in [0.05, 0.1) is 22.7 Å². The van der Waals surface area contributed by atoms with Crippen LogP contribution >= 0.6 is 11.6 Å². The third kappa shape index (κ3) is 6.67. The van der Waals surface area contributed by atoms with Gasteiger partial charge in [-0.15, -0.1) is 0 Å². The van der Waals surface area contributed by atoms with Gasteiger partial charge in [-0.25, -0.2) is 9.97 Å². The van der Waals surface area contributed by atoms with E-state index < -0.39 is 23.7 Å². The number of nitrogen functional groups attached to an aromatic ring is 2. The van der Waals surface area contributed by atoms with Gasteiger partial charge in [0.25, 0.3) is 5.91 Å². The van der Waals surface area contributed by atoms with E-state index in [0.29, 0.717) is 22.3 Å². The fourth-order valence-corrected chi connectivity index (χ4v) is 4.02. The summed E-state index contributed by atoms with van der Waals surface area (Å²) >= 11 is 5.92. The van der Waals surface area contributed by atoms with Crippen LogP contribution in [-0.4, -0.2) is 21.7 Å². The number of hydrogen-bond acceptors (Lipinski definition) is 6. The lowest BCUT2D eigenvalue weighted by molar-refractivity contribution is -0.137. The highest BCUT2D eigenvalue weighted by atomic mass is 35.5. The van der Waals surface area contributed by atoms with Crippen molar-refractivity contribution in [2.24, 2.45) is 5.73 Å². The van der Waals surface area contributed by atoms with Gasteiger partial charge in [0, 0.05) is 29.5 Å². The third-order valence-corrected chi connectivity index (χ3v) is 6.39. The number of benzene rings is 2.